The minimum absolute atomic E-state index is 0. The summed E-state index contributed by atoms with van der Waals surface area (Å²) in [5.74, 6) is -0.625. The lowest BCUT2D eigenvalue weighted by Crippen LogP contribution is -2.33. The third kappa shape index (κ3) is 8.56. The molecule has 0 aliphatic heterocycles. The molecule has 0 unspecified atom stereocenters. The molecule has 0 heterocycles. The number of carbonyl (C=O) groups excluding carboxylic acids is 2. The summed E-state index contributed by atoms with van der Waals surface area (Å²) in [4.78, 5) is 23.8. The number of carbonyl (C=O) groups is 2. The van der Waals surface area contributed by atoms with E-state index in [9.17, 15) is 18.0 Å². The number of benzene rings is 3. The van der Waals surface area contributed by atoms with Gasteiger partial charge in [-0.15, -0.1) is 12.4 Å². The summed E-state index contributed by atoms with van der Waals surface area (Å²) in [6.45, 7) is 6.09. The maximum Gasteiger partial charge on any atom is 0.303 e. The second kappa shape index (κ2) is 14.3. The molecule has 7 nitrogen and oxygen atoms in total. The van der Waals surface area contributed by atoms with E-state index in [2.05, 4.69) is 10.6 Å². The zero-order valence-electron chi connectivity index (χ0n) is 21.4. The Morgan fingerprint density at radius 3 is 2.13 bits per heavy atom. The largest absolute Gasteiger partial charge is 0.456 e. The normalized spacial score (nSPS) is 12.6. The van der Waals surface area contributed by atoms with Crippen molar-refractivity contribution in [2.45, 2.75) is 49.1 Å². The number of amides is 1. The first-order valence-electron chi connectivity index (χ1n) is 12.0. The summed E-state index contributed by atoms with van der Waals surface area (Å²) in [6, 6.07) is 19.9. The zero-order chi connectivity index (χ0) is 27.0. The van der Waals surface area contributed by atoms with Gasteiger partial charge in [-0.25, -0.2) is 8.42 Å². The first-order chi connectivity index (χ1) is 17.6. The molecule has 204 valence electrons. The lowest BCUT2D eigenvalue weighted by molar-refractivity contribution is -0.146. The molecule has 0 aliphatic rings. The van der Waals surface area contributed by atoms with Crippen LogP contribution in [-0.4, -0.2) is 39.4 Å². The molecule has 0 saturated heterocycles. The van der Waals surface area contributed by atoms with Gasteiger partial charge in [0, 0.05) is 36.6 Å². The van der Waals surface area contributed by atoms with E-state index < -0.39 is 15.9 Å². The molecule has 3 aromatic rings. The second-order valence-electron chi connectivity index (χ2n) is 8.70. The van der Waals surface area contributed by atoms with Crippen LogP contribution in [0.5, 0.6) is 0 Å². The fourth-order valence-corrected chi connectivity index (χ4v) is 5.32. The molecule has 10 heteroatoms. The predicted molar refractivity (Wildman–Crippen MR) is 151 cm³/mol. The van der Waals surface area contributed by atoms with Crippen LogP contribution in [0.3, 0.4) is 0 Å². The van der Waals surface area contributed by atoms with Crippen molar-refractivity contribution >= 4 is 45.7 Å². The molecule has 0 bridgehead atoms. The van der Waals surface area contributed by atoms with Gasteiger partial charge in [0.25, 0.3) is 5.91 Å². The lowest BCUT2D eigenvalue weighted by atomic mass is 10.1. The Kier molecular flexibility index (Phi) is 11.8. The maximum absolute atomic E-state index is 13.0. The quantitative estimate of drug-likeness (QED) is 0.304. The SMILES string of the molecule is CCNC(=O)c1ccc(S(=O)(=O)c2ccc(C[C@@H](C)NC[C@@H](OC(C)=O)c3cccc(Cl)c3)cc2)cc1.Cl. The van der Waals surface area contributed by atoms with Crippen molar-refractivity contribution in [3.05, 3.63) is 94.5 Å². The molecule has 0 aliphatic carbocycles. The maximum atomic E-state index is 13.0. The third-order valence-corrected chi connectivity index (χ3v) is 7.74. The van der Waals surface area contributed by atoms with E-state index in [1.807, 2.05) is 26.0 Å². The molecule has 2 atom stereocenters. The first-order valence-corrected chi connectivity index (χ1v) is 13.8. The molecule has 0 saturated carbocycles. The van der Waals surface area contributed by atoms with Gasteiger partial charge in [-0.05, 0) is 79.9 Å². The molecule has 38 heavy (non-hydrogen) atoms. The van der Waals surface area contributed by atoms with E-state index in [4.69, 9.17) is 16.3 Å². The van der Waals surface area contributed by atoms with Crippen LogP contribution in [0.25, 0.3) is 0 Å². The Morgan fingerprint density at radius 1 is 0.974 bits per heavy atom. The van der Waals surface area contributed by atoms with E-state index in [0.717, 1.165) is 11.1 Å². The van der Waals surface area contributed by atoms with Crippen LogP contribution in [0.4, 0.5) is 0 Å². The monoisotopic (exact) mass is 578 g/mol. The van der Waals surface area contributed by atoms with Crippen LogP contribution in [0, 0.1) is 0 Å². The summed E-state index contributed by atoms with van der Waals surface area (Å²) in [6.07, 6.45) is 0.162. The highest BCUT2D eigenvalue weighted by molar-refractivity contribution is 7.91. The zero-order valence-corrected chi connectivity index (χ0v) is 23.8. The molecule has 0 fully saturated rings. The molecule has 3 aromatic carbocycles. The van der Waals surface area contributed by atoms with E-state index >= 15 is 0 Å². The van der Waals surface area contributed by atoms with Gasteiger partial charge in [0.05, 0.1) is 9.79 Å². The average Bonchev–Trinajstić information content (AvgIpc) is 2.87. The van der Waals surface area contributed by atoms with Gasteiger partial charge in [-0.3, -0.25) is 9.59 Å². The minimum Gasteiger partial charge on any atom is -0.456 e. The van der Waals surface area contributed by atoms with Crippen molar-refractivity contribution in [2.75, 3.05) is 13.1 Å². The van der Waals surface area contributed by atoms with Crippen molar-refractivity contribution in [1.29, 1.82) is 0 Å². The summed E-state index contributed by atoms with van der Waals surface area (Å²) in [7, 11) is -3.71. The summed E-state index contributed by atoms with van der Waals surface area (Å²) < 4.78 is 31.5. The number of hydrogen-bond donors (Lipinski definition) is 2. The van der Waals surface area contributed by atoms with Crippen molar-refractivity contribution in [3.8, 4) is 0 Å². The highest BCUT2D eigenvalue weighted by Crippen LogP contribution is 2.23. The smallest absolute Gasteiger partial charge is 0.303 e. The number of ether oxygens (including phenoxy) is 1. The minimum atomic E-state index is -3.71. The van der Waals surface area contributed by atoms with Crippen molar-refractivity contribution in [2.24, 2.45) is 0 Å². The van der Waals surface area contributed by atoms with Gasteiger partial charge in [-0.1, -0.05) is 35.9 Å². The van der Waals surface area contributed by atoms with Crippen LogP contribution < -0.4 is 10.6 Å². The fraction of sp³-hybridized carbons (Fsp3) is 0.286. The summed E-state index contributed by atoms with van der Waals surface area (Å²) in [5.41, 5.74) is 2.16. The number of halogens is 2. The summed E-state index contributed by atoms with van der Waals surface area (Å²) >= 11 is 6.09. The molecule has 2 N–H and O–H groups in total. The lowest BCUT2D eigenvalue weighted by Gasteiger charge is -2.21. The number of sulfone groups is 1. The second-order valence-corrected chi connectivity index (χ2v) is 11.1. The molecule has 1 amide bonds. The fourth-order valence-electron chi connectivity index (χ4n) is 3.86. The highest BCUT2D eigenvalue weighted by atomic mass is 35.5. The Balaban J connectivity index is 0.00000507. The van der Waals surface area contributed by atoms with E-state index in [0.29, 0.717) is 30.1 Å². The molecule has 3 rings (SSSR count). The topological polar surface area (TPSA) is 102 Å². The number of hydrogen-bond acceptors (Lipinski definition) is 6. The number of nitrogens with one attached hydrogen (secondary N) is 2. The average molecular weight is 580 g/mol. The van der Waals surface area contributed by atoms with Gasteiger partial charge >= 0.3 is 5.97 Å². The van der Waals surface area contributed by atoms with E-state index in [1.54, 1.807) is 36.4 Å². The van der Waals surface area contributed by atoms with Gasteiger partial charge in [0.2, 0.25) is 9.84 Å². The van der Waals surface area contributed by atoms with Crippen LogP contribution in [0.1, 0.15) is 48.4 Å². The Morgan fingerprint density at radius 2 is 1.58 bits per heavy atom. The Labute approximate surface area is 235 Å². The molecular formula is C28H32Cl2N2O5S. The van der Waals surface area contributed by atoms with Gasteiger partial charge < -0.3 is 15.4 Å². The number of rotatable bonds is 11. The molecule has 0 radical (unpaired) electrons. The summed E-state index contributed by atoms with van der Waals surface area (Å²) in [5, 5.41) is 6.63. The molecule has 0 spiro atoms. The van der Waals surface area contributed by atoms with Crippen molar-refractivity contribution in [3.63, 3.8) is 0 Å². The van der Waals surface area contributed by atoms with Crippen LogP contribution in [0.2, 0.25) is 5.02 Å². The van der Waals surface area contributed by atoms with Crippen molar-refractivity contribution in [1.82, 2.24) is 10.6 Å². The standard InChI is InChI=1S/C28H31ClN2O5S.ClH/c1-4-30-28(33)22-10-14-26(15-11-22)37(34,35)25-12-8-21(9-13-25)16-19(2)31-18-27(36-20(3)32)23-6-5-7-24(29)17-23;/h5-15,17,19,27,31H,4,16,18H2,1-3H3,(H,30,33);1H/t19-,27-;/m1./s1. The van der Waals surface area contributed by atoms with E-state index in [-0.39, 0.29) is 40.1 Å². The van der Waals surface area contributed by atoms with Crippen LogP contribution >= 0.6 is 24.0 Å². The number of esters is 1. The van der Waals surface area contributed by atoms with Crippen LogP contribution in [0.15, 0.2) is 82.6 Å². The van der Waals surface area contributed by atoms with Crippen LogP contribution in [-0.2, 0) is 25.8 Å². The van der Waals surface area contributed by atoms with Crippen molar-refractivity contribution < 1.29 is 22.7 Å². The third-order valence-electron chi connectivity index (χ3n) is 5.72. The van der Waals surface area contributed by atoms with Gasteiger partial charge in [0.15, 0.2) is 0 Å². The first kappa shape index (κ1) is 31.3. The van der Waals surface area contributed by atoms with Gasteiger partial charge in [-0.2, -0.15) is 0 Å². The highest BCUT2D eigenvalue weighted by Gasteiger charge is 2.19. The van der Waals surface area contributed by atoms with E-state index in [1.165, 1.54) is 31.2 Å². The Bertz CT molecular complexity index is 1330. The Hall–Kier alpha value is -2.91. The molecule has 0 aromatic heterocycles. The molecular weight excluding hydrogens is 547 g/mol. The van der Waals surface area contributed by atoms with Gasteiger partial charge in [0.1, 0.15) is 6.10 Å². The predicted octanol–water partition coefficient (Wildman–Crippen LogP) is 5.17.